The molecule has 0 aromatic heterocycles. The molecule has 12 heterocycles. The van der Waals surface area contributed by atoms with E-state index in [0.29, 0.717) is 162 Å². The molecule has 0 aliphatic carbocycles. The van der Waals surface area contributed by atoms with Gasteiger partial charge in [-0.1, -0.05) is 124 Å². The van der Waals surface area contributed by atoms with Gasteiger partial charge < -0.3 is 56.8 Å². The van der Waals surface area contributed by atoms with Crippen molar-refractivity contribution in [2.45, 2.75) is 276 Å². The lowest BCUT2D eigenvalue weighted by Crippen LogP contribution is -2.46. The van der Waals surface area contributed by atoms with Crippen molar-refractivity contribution in [3.05, 3.63) is 140 Å². The Kier molecular flexibility index (Phi) is 26.8. The monoisotopic (exact) mass is 2030 g/mol. The Morgan fingerprint density at radius 3 is 0.854 bits per heavy atom. The molecule has 0 spiro atoms. The van der Waals surface area contributed by atoms with Gasteiger partial charge in [0.05, 0.1) is 85.3 Å². The maximum Gasteiger partial charge on any atom is 0.161 e. The number of methoxy groups -OCH3 is 12. The maximum absolute atomic E-state index is 13.6. The lowest BCUT2D eigenvalue weighted by atomic mass is 9.79. The summed E-state index contributed by atoms with van der Waals surface area (Å²) in [5.74, 6) is -19.1. The lowest BCUT2D eigenvalue weighted by molar-refractivity contribution is -0.130. The molecule has 0 saturated carbocycles. The molecule has 24 heteroatoms. The molecule has 0 radical (unpaired) electrons. The molecule has 798 valence electrons. The highest BCUT2D eigenvalue weighted by Gasteiger charge is 2.47. The SMILES string of the molecule is C.C.C.[2H]C([2H])([2H])C([2H])(C([2H])([2H])C)C([2H])([2H])C1CN2CCc3cc(OC)c(OC)cc3C2CC1=O.[2H]C1(CC(C)C)CN2CCc3cc(OC)c(OC)cc3C2C([2H])([2H])C1=O.[2H]C1([2H])C(=O)C([2H])(C([2H])([2H])C([2H])(C([2H])([2H])[2H])C([2H])([2H])C)CN2CCc3cc(OC)c(OC)cc3C21.[2H]C1([2H])C(=O)C([2H])(CC(C)C)C([2H])([2H])N2CCc3cc(OC)c(OC)cc3C21.[2H]C1([2H])C(C([2H])([2H])C([2H])(C([2H])([2H])[2H])C([2H])([2H])C)C(=O)CC2c3cc(OC)c(OC)cc3CCN21.[2H]C1([2H])C(CC(C)C)C(=O)CC2c3cc(OC)c(OC)cc3CCN21. The zero-order valence-corrected chi connectivity index (χ0v) is 85.2. The summed E-state index contributed by atoms with van der Waals surface area (Å²) < 4.78 is 389. The first-order valence-electron chi connectivity index (χ1n) is 67.8. The van der Waals surface area contributed by atoms with Gasteiger partial charge in [-0.05, 0) is 252 Å². The molecule has 12 aliphatic heterocycles. The molecule has 0 bridgehead atoms. The highest BCUT2D eigenvalue weighted by Crippen LogP contribution is 2.51. The Bertz CT molecular complexity index is 7190. The van der Waals surface area contributed by atoms with Crippen molar-refractivity contribution in [2.75, 3.05) is 164 Å². The van der Waals surface area contributed by atoms with Crippen molar-refractivity contribution in [3.63, 3.8) is 0 Å². The van der Waals surface area contributed by atoms with Crippen LogP contribution in [0.1, 0.15) is 358 Å². The third-order valence-electron chi connectivity index (χ3n) is 27.6. The topological polar surface area (TPSA) is 233 Å². The Morgan fingerprint density at radius 1 is 0.299 bits per heavy atom. The Hall–Kier alpha value is -9.30. The van der Waals surface area contributed by atoms with Crippen molar-refractivity contribution in [1.29, 1.82) is 0 Å². The number of ether oxygens (including phenoxy) is 12. The van der Waals surface area contributed by atoms with E-state index < -0.39 is 210 Å². The van der Waals surface area contributed by atoms with Crippen LogP contribution in [0.25, 0.3) is 0 Å². The number of carbonyl (C=O) groups is 6. The van der Waals surface area contributed by atoms with Gasteiger partial charge in [0, 0.05) is 242 Å². The largest absolute Gasteiger partial charge is 0.493 e. The second kappa shape index (κ2) is 53.5. The molecule has 6 saturated heterocycles. The Morgan fingerprint density at radius 2 is 0.535 bits per heavy atom. The second-order valence-corrected chi connectivity index (χ2v) is 37.7. The van der Waals surface area contributed by atoms with Crippen molar-refractivity contribution in [2.24, 2.45) is 70.9 Å². The molecule has 6 aromatic rings. The Labute approximate surface area is 919 Å². The molecular weight excluding hydrogens is 1810 g/mol. The Balaban J connectivity index is 0.000000220. The minimum atomic E-state index is -3.60. The fourth-order valence-corrected chi connectivity index (χ4v) is 20.4. The van der Waals surface area contributed by atoms with Gasteiger partial charge in [-0.25, -0.2) is 0 Å². The maximum atomic E-state index is 13.6. The van der Waals surface area contributed by atoms with Crippen LogP contribution < -0.4 is 56.8 Å². The zero-order valence-electron chi connectivity index (χ0n) is 124. The summed E-state index contributed by atoms with van der Waals surface area (Å²) in [6, 6.07) is 16.9. The normalized spacial score (nSPS) is 33.2. The van der Waals surface area contributed by atoms with E-state index in [1.165, 1.54) is 70.5 Å². The first kappa shape index (κ1) is 72.1. The molecule has 144 heavy (non-hydrogen) atoms. The summed E-state index contributed by atoms with van der Waals surface area (Å²) in [7, 11) is 18.1. The molecule has 0 amide bonds. The average molecular weight is 2030 g/mol. The van der Waals surface area contributed by atoms with Crippen LogP contribution in [0.4, 0.5) is 0 Å². The van der Waals surface area contributed by atoms with E-state index in [9.17, 15) is 28.8 Å². The summed E-state index contributed by atoms with van der Waals surface area (Å²) >= 11 is 0. The van der Waals surface area contributed by atoms with Crippen molar-refractivity contribution >= 4 is 34.7 Å². The number of rotatable bonds is 27. The van der Waals surface area contributed by atoms with Gasteiger partial charge in [0.1, 0.15) is 34.7 Å². The van der Waals surface area contributed by atoms with E-state index in [-0.39, 0.29) is 104 Å². The molecule has 18 rings (SSSR count). The summed E-state index contributed by atoms with van der Waals surface area (Å²) in [4.78, 5) is 88.9. The van der Waals surface area contributed by atoms with Crippen LogP contribution in [0.15, 0.2) is 72.8 Å². The molecule has 15 unspecified atom stereocenters. The first-order valence-corrected chi connectivity index (χ1v) is 48.3. The second-order valence-electron chi connectivity index (χ2n) is 37.7. The van der Waals surface area contributed by atoms with Crippen LogP contribution >= 0.6 is 0 Å². The number of Topliss-reactive ketones (excluding diaryl/α,β-unsaturated/α-hetero) is 6. The van der Waals surface area contributed by atoms with Crippen LogP contribution in [0, 0.1) is 70.9 Å². The van der Waals surface area contributed by atoms with Gasteiger partial charge in [-0.15, -0.1) is 0 Å². The van der Waals surface area contributed by atoms with Crippen LogP contribution in [0.5, 0.6) is 69.0 Å². The third-order valence-corrected chi connectivity index (χ3v) is 27.6. The predicted molar refractivity (Wildman–Crippen MR) is 575 cm³/mol. The van der Waals surface area contributed by atoms with Gasteiger partial charge in [0.25, 0.3) is 0 Å². The first-order chi connectivity index (χ1) is 82.5. The smallest absolute Gasteiger partial charge is 0.161 e. The molecule has 0 N–H and O–H groups in total. The average Bonchev–Trinajstić information content (AvgIpc) is 0.671. The van der Waals surface area contributed by atoms with E-state index in [2.05, 4.69) is 0 Å². The van der Waals surface area contributed by atoms with E-state index in [1.807, 2.05) is 86.6 Å². The molecule has 6 aromatic carbocycles. The molecular formula is C120H180N6O18. The predicted octanol–water partition coefficient (Wildman–Crippen LogP) is 22.5. The summed E-state index contributed by atoms with van der Waals surface area (Å²) in [6.45, 7) is -1.24. The number of carbonyl (C=O) groups excluding carboxylic acids is 6. The molecule has 6 fully saturated rings. The van der Waals surface area contributed by atoms with E-state index in [4.69, 9.17) is 110 Å². The zero-order chi connectivity index (χ0) is 136. The molecule has 12 aliphatic rings. The number of piperidine rings is 6. The summed E-state index contributed by atoms with van der Waals surface area (Å²) in [6.07, 6.45) is -21.7. The van der Waals surface area contributed by atoms with Crippen LogP contribution in [-0.4, -0.2) is 228 Å². The quantitative estimate of drug-likeness (QED) is 0.0466. The van der Waals surface area contributed by atoms with E-state index in [1.54, 1.807) is 71.9 Å². The number of benzene rings is 6. The van der Waals surface area contributed by atoms with Crippen molar-refractivity contribution < 1.29 is 139 Å². The molecule has 24 nitrogen and oxygen atoms in total. The lowest BCUT2D eigenvalue weighted by Gasteiger charge is -2.43. The van der Waals surface area contributed by atoms with E-state index >= 15 is 0 Å². The fourth-order valence-electron chi connectivity index (χ4n) is 20.4. The van der Waals surface area contributed by atoms with E-state index in [0.717, 1.165) is 78.1 Å². The standard InChI is InChI=1S/3C20H29NO3.3C19H27NO3.3CH4/c3*1-5-13(2)8-15-12-21-7-6-14-9-19(23-3)20(24-4)10-16(14)17(21)11-18(15)22;3*1-12(2)7-14-11-20-6-5-13-8-18(22-3)19(23-4)9-15(13)16(20)10-17(14)21;;;/h3*9-10,13,15,17H,5-8,11-12H2,1-4H3;3*8-9,12,14,16H,5-7,10-11H2,1-4H3;3*1H4/i2D3,5D2,8D2,11D2,13D,15D;2D3,5D2,8D2,12D2,13D;2D3,5D2,8D2,13D;10D2,11D2,14D;10D2,14D;11D2;;;. The molecule has 15 atom stereocenters. The van der Waals surface area contributed by atoms with Crippen LogP contribution in [0.2, 0.25) is 0 Å². The third kappa shape index (κ3) is 27.2. The minimum absolute atomic E-state index is 0. The summed E-state index contributed by atoms with van der Waals surface area (Å²) in [5.41, 5.74) is 9.56. The number of ketones is 6. The number of hydrogen-bond donors (Lipinski definition) is 0. The van der Waals surface area contributed by atoms with Gasteiger partial charge in [-0.3, -0.25) is 58.2 Å². The number of nitrogens with zero attached hydrogens (tertiary/aromatic N) is 6. The number of fused-ring (bicyclic) bond motifs is 18. The van der Waals surface area contributed by atoms with Crippen LogP contribution in [0.3, 0.4) is 0 Å². The van der Waals surface area contributed by atoms with Gasteiger partial charge in [-0.2, -0.15) is 0 Å². The van der Waals surface area contributed by atoms with Gasteiger partial charge in [0.2, 0.25) is 0 Å². The summed E-state index contributed by atoms with van der Waals surface area (Å²) in [5, 5.41) is 0. The van der Waals surface area contributed by atoms with Crippen molar-refractivity contribution in [3.8, 4) is 69.0 Å². The van der Waals surface area contributed by atoms with Gasteiger partial charge >= 0.3 is 0 Å². The number of hydrogen-bond acceptors (Lipinski definition) is 24. The highest BCUT2D eigenvalue weighted by atomic mass is 16.5. The minimum Gasteiger partial charge on any atom is -0.493 e. The fraction of sp³-hybridized carbons (Fsp3) is 0.650. The van der Waals surface area contributed by atoms with Crippen LogP contribution in [-0.2, 0) is 67.3 Å². The van der Waals surface area contributed by atoms with Gasteiger partial charge in [0.15, 0.2) is 69.0 Å². The highest BCUT2D eigenvalue weighted by molar-refractivity contribution is 5.86. The van der Waals surface area contributed by atoms with Crippen molar-refractivity contribution in [1.82, 2.24) is 29.4 Å².